The number of hydrogen-bond acceptors (Lipinski definition) is 2. The zero-order valence-corrected chi connectivity index (χ0v) is 10.0. The van der Waals surface area contributed by atoms with E-state index in [4.69, 9.17) is 23.2 Å². The van der Waals surface area contributed by atoms with Gasteiger partial charge >= 0.3 is 0 Å². The molecule has 0 N–H and O–H groups in total. The Hall–Kier alpha value is -0.860. The second-order valence-corrected chi connectivity index (χ2v) is 4.87. The van der Waals surface area contributed by atoms with Crippen LogP contribution in [0.2, 0.25) is 10.0 Å². The van der Waals surface area contributed by atoms with Crippen LogP contribution in [0.25, 0.3) is 0 Å². The van der Waals surface area contributed by atoms with Gasteiger partial charge in [0.1, 0.15) is 11.6 Å². The summed E-state index contributed by atoms with van der Waals surface area (Å²) < 4.78 is 0. The molecule has 2 rings (SSSR count). The van der Waals surface area contributed by atoms with Gasteiger partial charge in [-0.25, -0.2) is 0 Å². The van der Waals surface area contributed by atoms with Crippen molar-refractivity contribution in [1.29, 1.82) is 0 Å². The molecule has 16 heavy (non-hydrogen) atoms. The van der Waals surface area contributed by atoms with Gasteiger partial charge in [0.05, 0.1) is 6.42 Å². The zero-order chi connectivity index (χ0) is 11.7. The summed E-state index contributed by atoms with van der Waals surface area (Å²) >= 11 is 11.9. The van der Waals surface area contributed by atoms with E-state index in [1.807, 2.05) is 0 Å². The second kappa shape index (κ2) is 4.56. The average Bonchev–Trinajstić information content (AvgIpc) is 2.20. The van der Waals surface area contributed by atoms with E-state index in [1.165, 1.54) is 0 Å². The first-order valence-corrected chi connectivity index (χ1v) is 5.80. The van der Waals surface area contributed by atoms with Crippen LogP contribution in [-0.4, -0.2) is 11.6 Å². The number of carbonyl (C=O) groups is 2. The summed E-state index contributed by atoms with van der Waals surface area (Å²) in [5.74, 6) is -0.144. The molecule has 1 aliphatic rings. The molecular formula is C12H10Cl2O2. The molecule has 0 bridgehead atoms. The van der Waals surface area contributed by atoms with Crippen molar-refractivity contribution in [3.63, 3.8) is 0 Å². The highest BCUT2D eigenvalue weighted by molar-refractivity contribution is 6.33. The van der Waals surface area contributed by atoms with E-state index in [0.29, 0.717) is 22.9 Å². The Morgan fingerprint density at radius 2 is 1.69 bits per heavy atom. The maximum Gasteiger partial charge on any atom is 0.140 e. The Morgan fingerprint density at radius 3 is 2.31 bits per heavy atom. The van der Waals surface area contributed by atoms with Gasteiger partial charge in [-0.05, 0) is 29.7 Å². The molecule has 1 fully saturated rings. The van der Waals surface area contributed by atoms with Crippen LogP contribution < -0.4 is 0 Å². The zero-order valence-electron chi connectivity index (χ0n) is 8.50. The molecule has 0 unspecified atom stereocenters. The molecule has 0 aromatic heterocycles. The van der Waals surface area contributed by atoms with E-state index in [2.05, 4.69) is 0 Å². The van der Waals surface area contributed by atoms with Gasteiger partial charge in [0.25, 0.3) is 0 Å². The van der Waals surface area contributed by atoms with Crippen molar-refractivity contribution in [1.82, 2.24) is 0 Å². The van der Waals surface area contributed by atoms with Crippen molar-refractivity contribution >= 4 is 34.8 Å². The van der Waals surface area contributed by atoms with Gasteiger partial charge in [0.15, 0.2) is 0 Å². The van der Waals surface area contributed by atoms with Crippen LogP contribution in [0.4, 0.5) is 0 Å². The molecule has 4 heteroatoms. The van der Waals surface area contributed by atoms with E-state index < -0.39 is 0 Å². The average molecular weight is 257 g/mol. The Morgan fingerprint density at radius 1 is 1.06 bits per heavy atom. The number of carbonyl (C=O) groups excluding carboxylic acids is 2. The molecule has 1 aromatic rings. The first-order chi connectivity index (χ1) is 7.56. The maximum atomic E-state index is 11.4. The minimum absolute atomic E-state index is 0.0164. The van der Waals surface area contributed by atoms with E-state index in [0.717, 1.165) is 5.56 Å². The summed E-state index contributed by atoms with van der Waals surface area (Å²) in [7, 11) is 0. The van der Waals surface area contributed by atoms with Gasteiger partial charge in [-0.15, -0.1) is 0 Å². The molecule has 1 saturated carbocycles. The fourth-order valence-electron chi connectivity index (χ4n) is 2.03. The minimum Gasteiger partial charge on any atom is -0.299 e. The van der Waals surface area contributed by atoms with Crippen molar-refractivity contribution in [2.75, 3.05) is 0 Å². The maximum absolute atomic E-state index is 11.4. The predicted molar refractivity (Wildman–Crippen MR) is 63.1 cm³/mol. The van der Waals surface area contributed by atoms with Crippen LogP contribution in [0, 0.1) is 0 Å². The smallest absolute Gasteiger partial charge is 0.140 e. The van der Waals surface area contributed by atoms with Crippen LogP contribution in [0.15, 0.2) is 18.2 Å². The summed E-state index contributed by atoms with van der Waals surface area (Å²) in [5, 5.41) is 1.14. The quantitative estimate of drug-likeness (QED) is 0.722. The van der Waals surface area contributed by atoms with Gasteiger partial charge in [0, 0.05) is 22.9 Å². The Bertz CT molecular complexity index is 438. The molecule has 0 amide bonds. The summed E-state index contributed by atoms with van der Waals surface area (Å²) in [6.45, 7) is 0. The number of rotatable bonds is 1. The Balaban J connectivity index is 2.32. The van der Waals surface area contributed by atoms with Crippen molar-refractivity contribution in [3.8, 4) is 0 Å². The summed E-state index contributed by atoms with van der Waals surface area (Å²) in [6, 6.07) is 5.13. The molecule has 0 spiro atoms. The Labute approximate surface area is 104 Å². The fourth-order valence-corrected chi connectivity index (χ4v) is 2.49. The summed E-state index contributed by atoms with van der Waals surface area (Å²) in [6.07, 6.45) is 0.826. The van der Waals surface area contributed by atoms with E-state index in [-0.39, 0.29) is 23.9 Å². The predicted octanol–water partition coefficient (Wildman–Crippen LogP) is 3.40. The van der Waals surface area contributed by atoms with Gasteiger partial charge in [-0.3, -0.25) is 9.59 Å². The van der Waals surface area contributed by atoms with E-state index in [9.17, 15) is 9.59 Å². The molecule has 0 radical (unpaired) electrons. The molecule has 84 valence electrons. The molecule has 2 nitrogen and oxygen atoms in total. The highest BCUT2D eigenvalue weighted by Crippen LogP contribution is 2.35. The Kier molecular flexibility index (Phi) is 3.31. The normalized spacial score (nSPS) is 17.9. The van der Waals surface area contributed by atoms with Gasteiger partial charge < -0.3 is 0 Å². The highest BCUT2D eigenvalue weighted by Gasteiger charge is 2.27. The van der Waals surface area contributed by atoms with Crippen LogP contribution in [0.3, 0.4) is 0 Å². The van der Waals surface area contributed by atoms with Crippen molar-refractivity contribution in [2.45, 2.75) is 25.2 Å². The van der Waals surface area contributed by atoms with E-state index in [1.54, 1.807) is 18.2 Å². The lowest BCUT2D eigenvalue weighted by Crippen LogP contribution is -2.21. The lowest BCUT2D eigenvalue weighted by atomic mass is 9.83. The largest absolute Gasteiger partial charge is 0.299 e. The molecule has 0 aliphatic heterocycles. The van der Waals surface area contributed by atoms with Crippen LogP contribution >= 0.6 is 23.2 Å². The number of ketones is 2. The van der Waals surface area contributed by atoms with Gasteiger partial charge in [0.2, 0.25) is 0 Å². The topological polar surface area (TPSA) is 34.1 Å². The third kappa shape index (κ3) is 2.45. The number of halogens is 2. The van der Waals surface area contributed by atoms with E-state index >= 15 is 0 Å². The summed E-state index contributed by atoms with van der Waals surface area (Å²) in [5.41, 5.74) is 0.801. The van der Waals surface area contributed by atoms with Crippen LogP contribution in [0.5, 0.6) is 0 Å². The number of benzene rings is 1. The lowest BCUT2D eigenvalue weighted by molar-refractivity contribution is -0.130. The monoisotopic (exact) mass is 256 g/mol. The molecule has 1 aromatic carbocycles. The fraction of sp³-hybridized carbons (Fsp3) is 0.333. The SMILES string of the molecule is O=C1CC(=O)CC(c2cc(Cl)ccc2Cl)C1. The first-order valence-electron chi connectivity index (χ1n) is 5.04. The molecule has 0 atom stereocenters. The minimum atomic E-state index is -0.111. The molecule has 0 heterocycles. The van der Waals surface area contributed by atoms with Gasteiger partial charge in [-0.1, -0.05) is 23.2 Å². The third-order valence-corrected chi connectivity index (χ3v) is 3.32. The van der Waals surface area contributed by atoms with Crippen LogP contribution in [-0.2, 0) is 9.59 Å². The van der Waals surface area contributed by atoms with Crippen molar-refractivity contribution in [3.05, 3.63) is 33.8 Å². The lowest BCUT2D eigenvalue weighted by Gasteiger charge is -2.21. The number of hydrogen-bond donors (Lipinski definition) is 0. The molecule has 0 saturated heterocycles. The van der Waals surface area contributed by atoms with Crippen LogP contribution in [0.1, 0.15) is 30.7 Å². The van der Waals surface area contributed by atoms with Crippen molar-refractivity contribution in [2.24, 2.45) is 0 Å². The number of Topliss-reactive ketones (excluding diaryl/α,β-unsaturated/α-hetero) is 2. The standard InChI is InChI=1S/C12H10Cl2O2/c13-8-1-2-12(14)11(5-8)7-3-9(15)6-10(16)4-7/h1-2,5,7H,3-4,6H2. The van der Waals surface area contributed by atoms with Gasteiger partial charge in [-0.2, -0.15) is 0 Å². The second-order valence-electron chi connectivity index (χ2n) is 4.03. The third-order valence-electron chi connectivity index (χ3n) is 2.74. The molecular weight excluding hydrogens is 247 g/mol. The molecule has 1 aliphatic carbocycles. The summed E-state index contributed by atoms with van der Waals surface area (Å²) in [4.78, 5) is 22.7. The highest BCUT2D eigenvalue weighted by atomic mass is 35.5. The first kappa shape index (κ1) is 11.6. The van der Waals surface area contributed by atoms with Crippen molar-refractivity contribution < 1.29 is 9.59 Å².